The van der Waals surface area contributed by atoms with Crippen LogP contribution in [0.4, 0.5) is 0 Å². The fourth-order valence-corrected chi connectivity index (χ4v) is 1.82. The van der Waals surface area contributed by atoms with Crippen LogP contribution in [0.15, 0.2) is 24.8 Å². The lowest BCUT2D eigenvalue weighted by molar-refractivity contribution is 0.0301. The summed E-state index contributed by atoms with van der Waals surface area (Å²) in [7, 11) is 0. The molecule has 0 saturated heterocycles. The molecule has 0 aliphatic carbocycles. The predicted molar refractivity (Wildman–Crippen MR) is 59.7 cm³/mol. The Morgan fingerprint density at radius 2 is 2.27 bits per heavy atom. The second kappa shape index (κ2) is 3.54. The van der Waals surface area contributed by atoms with Gasteiger partial charge >= 0.3 is 5.97 Å². The fraction of sp³-hybridized carbons (Fsp3) is 0.308. The van der Waals surface area contributed by atoms with E-state index in [1.54, 1.807) is 0 Å². The quantitative estimate of drug-likeness (QED) is 0.654. The van der Waals surface area contributed by atoms with Gasteiger partial charge in [-0.1, -0.05) is 24.3 Å². The number of benzene rings is 1. The Morgan fingerprint density at radius 1 is 1.53 bits per heavy atom. The van der Waals surface area contributed by atoms with Crippen LogP contribution in [0, 0.1) is 0 Å². The SMILES string of the molecule is C=C(C)c1ccc2c(c1)C[C@@H](C)OC2=O. The van der Waals surface area contributed by atoms with Gasteiger partial charge in [0.25, 0.3) is 0 Å². The normalized spacial score (nSPS) is 19.3. The second-order valence-corrected chi connectivity index (χ2v) is 4.07. The summed E-state index contributed by atoms with van der Waals surface area (Å²) < 4.78 is 5.15. The van der Waals surface area contributed by atoms with Crippen molar-refractivity contribution in [2.45, 2.75) is 26.4 Å². The van der Waals surface area contributed by atoms with E-state index < -0.39 is 0 Å². The fourth-order valence-electron chi connectivity index (χ4n) is 1.82. The molecule has 0 spiro atoms. The van der Waals surface area contributed by atoms with Crippen molar-refractivity contribution in [1.29, 1.82) is 0 Å². The lowest BCUT2D eigenvalue weighted by Crippen LogP contribution is -2.25. The highest BCUT2D eigenvalue weighted by atomic mass is 16.5. The molecule has 15 heavy (non-hydrogen) atoms. The number of hydrogen-bond acceptors (Lipinski definition) is 2. The molecular formula is C13H14O2. The Balaban J connectivity index is 2.48. The summed E-state index contributed by atoms with van der Waals surface area (Å²) in [5, 5.41) is 0. The smallest absolute Gasteiger partial charge is 0.338 e. The first kappa shape index (κ1) is 9.97. The van der Waals surface area contributed by atoms with Crippen molar-refractivity contribution in [3.05, 3.63) is 41.5 Å². The Labute approximate surface area is 89.6 Å². The number of esters is 1. The van der Waals surface area contributed by atoms with Crippen molar-refractivity contribution >= 4 is 11.5 Å². The van der Waals surface area contributed by atoms with E-state index in [1.165, 1.54) is 0 Å². The molecule has 1 aliphatic rings. The van der Waals surface area contributed by atoms with E-state index in [0.717, 1.165) is 23.1 Å². The van der Waals surface area contributed by atoms with E-state index in [2.05, 4.69) is 6.58 Å². The van der Waals surface area contributed by atoms with E-state index >= 15 is 0 Å². The Morgan fingerprint density at radius 3 is 2.93 bits per heavy atom. The average Bonchev–Trinajstić information content (AvgIpc) is 2.16. The number of hydrogen-bond donors (Lipinski definition) is 0. The molecule has 2 heteroatoms. The highest BCUT2D eigenvalue weighted by molar-refractivity contribution is 5.92. The second-order valence-electron chi connectivity index (χ2n) is 4.07. The summed E-state index contributed by atoms with van der Waals surface area (Å²) in [6.07, 6.45) is 0.771. The van der Waals surface area contributed by atoms with Gasteiger partial charge in [-0.2, -0.15) is 0 Å². The third-order valence-electron chi connectivity index (χ3n) is 2.63. The molecule has 1 atom stereocenters. The van der Waals surface area contributed by atoms with Gasteiger partial charge in [0.15, 0.2) is 0 Å². The van der Waals surface area contributed by atoms with Crippen LogP contribution in [0.2, 0.25) is 0 Å². The van der Waals surface area contributed by atoms with Gasteiger partial charge in [-0.05, 0) is 31.0 Å². The molecule has 0 aromatic heterocycles. The summed E-state index contributed by atoms with van der Waals surface area (Å²) >= 11 is 0. The zero-order valence-corrected chi connectivity index (χ0v) is 9.04. The van der Waals surface area contributed by atoms with Crippen LogP contribution in [0.25, 0.3) is 5.57 Å². The molecule has 0 radical (unpaired) electrons. The minimum Gasteiger partial charge on any atom is -0.459 e. The van der Waals surface area contributed by atoms with Gasteiger partial charge in [-0.25, -0.2) is 4.79 Å². The summed E-state index contributed by atoms with van der Waals surface area (Å²) in [6, 6.07) is 5.78. The molecule has 2 rings (SSSR count). The molecule has 1 aromatic rings. The predicted octanol–water partition coefficient (Wildman–Crippen LogP) is 2.82. The van der Waals surface area contributed by atoms with Crippen LogP contribution < -0.4 is 0 Å². The van der Waals surface area contributed by atoms with Gasteiger partial charge < -0.3 is 4.74 Å². The van der Waals surface area contributed by atoms with Crippen molar-refractivity contribution in [3.8, 4) is 0 Å². The van der Waals surface area contributed by atoms with E-state index in [-0.39, 0.29) is 12.1 Å². The van der Waals surface area contributed by atoms with Gasteiger partial charge in [-0.15, -0.1) is 0 Å². The molecule has 0 fully saturated rings. The molecular weight excluding hydrogens is 188 g/mol. The van der Waals surface area contributed by atoms with Crippen LogP contribution in [-0.4, -0.2) is 12.1 Å². The van der Waals surface area contributed by atoms with Crippen LogP contribution in [0.3, 0.4) is 0 Å². The van der Waals surface area contributed by atoms with Crippen LogP contribution in [0.5, 0.6) is 0 Å². The Hall–Kier alpha value is -1.57. The van der Waals surface area contributed by atoms with Crippen LogP contribution in [0.1, 0.15) is 35.3 Å². The third-order valence-corrected chi connectivity index (χ3v) is 2.63. The maximum atomic E-state index is 11.5. The number of carbonyl (C=O) groups excluding carboxylic acids is 1. The van der Waals surface area contributed by atoms with Gasteiger partial charge in [-0.3, -0.25) is 0 Å². The van der Waals surface area contributed by atoms with Crippen molar-refractivity contribution < 1.29 is 9.53 Å². The molecule has 0 saturated carbocycles. The van der Waals surface area contributed by atoms with Gasteiger partial charge in [0, 0.05) is 6.42 Å². The Bertz CT molecular complexity index is 432. The van der Waals surface area contributed by atoms with Crippen molar-refractivity contribution in [2.24, 2.45) is 0 Å². The zero-order valence-electron chi connectivity index (χ0n) is 9.04. The molecule has 1 aromatic carbocycles. The van der Waals surface area contributed by atoms with Gasteiger partial charge in [0.2, 0.25) is 0 Å². The Kier molecular flexibility index (Phi) is 2.35. The standard InChI is InChI=1S/C13H14O2/c1-8(2)10-4-5-12-11(7-10)6-9(3)15-13(12)14/h4-5,7,9H,1,6H2,2-3H3/t9-/m1/s1. The lowest BCUT2D eigenvalue weighted by atomic mass is 9.95. The molecule has 1 aliphatic heterocycles. The number of cyclic esters (lactones) is 1. The van der Waals surface area contributed by atoms with Crippen molar-refractivity contribution in [3.63, 3.8) is 0 Å². The van der Waals surface area contributed by atoms with Crippen LogP contribution >= 0.6 is 0 Å². The molecule has 78 valence electrons. The highest BCUT2D eigenvalue weighted by Gasteiger charge is 2.23. The number of ether oxygens (including phenoxy) is 1. The van der Waals surface area contributed by atoms with Crippen LogP contribution in [-0.2, 0) is 11.2 Å². The van der Waals surface area contributed by atoms with E-state index in [4.69, 9.17) is 4.74 Å². The first-order valence-electron chi connectivity index (χ1n) is 5.07. The molecule has 2 nitrogen and oxygen atoms in total. The van der Waals surface area contributed by atoms with E-state index in [9.17, 15) is 4.79 Å². The minimum absolute atomic E-state index is 0.0228. The molecule has 1 heterocycles. The zero-order chi connectivity index (χ0) is 11.0. The first-order valence-corrected chi connectivity index (χ1v) is 5.07. The molecule has 0 amide bonds. The van der Waals surface area contributed by atoms with E-state index in [0.29, 0.717) is 5.56 Å². The van der Waals surface area contributed by atoms with Crippen molar-refractivity contribution in [1.82, 2.24) is 0 Å². The molecule has 0 N–H and O–H groups in total. The summed E-state index contributed by atoms with van der Waals surface area (Å²) in [5.74, 6) is -0.211. The summed E-state index contributed by atoms with van der Waals surface area (Å²) in [5.41, 5.74) is 3.87. The lowest BCUT2D eigenvalue weighted by Gasteiger charge is -2.22. The van der Waals surface area contributed by atoms with Gasteiger partial charge in [0.05, 0.1) is 5.56 Å². The average molecular weight is 202 g/mol. The number of allylic oxidation sites excluding steroid dienone is 1. The molecule has 0 unspecified atom stereocenters. The summed E-state index contributed by atoms with van der Waals surface area (Å²) in [4.78, 5) is 11.5. The highest BCUT2D eigenvalue weighted by Crippen LogP contribution is 2.24. The number of fused-ring (bicyclic) bond motifs is 1. The van der Waals surface area contributed by atoms with Gasteiger partial charge in [0.1, 0.15) is 6.10 Å². The third kappa shape index (κ3) is 1.80. The van der Waals surface area contributed by atoms with Crippen molar-refractivity contribution in [2.75, 3.05) is 0 Å². The molecule has 0 bridgehead atoms. The topological polar surface area (TPSA) is 26.3 Å². The maximum absolute atomic E-state index is 11.5. The minimum atomic E-state index is -0.211. The number of rotatable bonds is 1. The number of carbonyl (C=O) groups is 1. The van der Waals surface area contributed by atoms with E-state index in [1.807, 2.05) is 32.0 Å². The largest absolute Gasteiger partial charge is 0.459 e. The maximum Gasteiger partial charge on any atom is 0.338 e. The monoisotopic (exact) mass is 202 g/mol. The summed E-state index contributed by atoms with van der Waals surface area (Å²) in [6.45, 7) is 7.77. The first-order chi connectivity index (χ1) is 7.08.